The smallest absolute Gasteiger partial charge is 0.421 e. The molecule has 1 aromatic heterocycles. The third-order valence-corrected chi connectivity index (χ3v) is 10.8. The molecule has 0 spiro atoms. The van der Waals surface area contributed by atoms with Gasteiger partial charge in [-0.25, -0.2) is 4.98 Å². The molecule has 2 bridgehead atoms. The minimum atomic E-state index is -4.74. The second-order valence-corrected chi connectivity index (χ2v) is 14.2. The second-order valence-electron chi connectivity index (χ2n) is 14.2. The Bertz CT molecular complexity index is 1680. The molecule has 13 heteroatoms. The van der Waals surface area contributed by atoms with E-state index in [4.69, 9.17) is 9.47 Å². The van der Waals surface area contributed by atoms with Crippen LogP contribution in [0.4, 0.5) is 36.3 Å². The molecule has 10 nitrogen and oxygen atoms in total. The predicted octanol–water partition coefficient (Wildman–Crippen LogP) is 7.01. The Hall–Kier alpha value is -4.10. The topological polar surface area (TPSA) is 104 Å². The maximum absolute atomic E-state index is 14.1. The number of halogens is 3. The number of fused-ring (bicyclic) bond motifs is 2. The van der Waals surface area contributed by atoms with Gasteiger partial charge < -0.3 is 30.3 Å². The number of nitrogens with one attached hydrogen (secondary N) is 3. The molecule has 2 aromatic carbocycles. The summed E-state index contributed by atoms with van der Waals surface area (Å²) in [4.78, 5) is 25.8. The van der Waals surface area contributed by atoms with Gasteiger partial charge in [0.2, 0.25) is 5.95 Å². The second kappa shape index (κ2) is 14.6. The number of anilines is 4. The molecule has 2 heterocycles. The number of rotatable bonds is 10. The lowest BCUT2D eigenvalue weighted by Gasteiger charge is -2.51. The summed E-state index contributed by atoms with van der Waals surface area (Å²) in [7, 11) is 5.18. The van der Waals surface area contributed by atoms with Crippen molar-refractivity contribution in [1.29, 1.82) is 0 Å². The number of hydrogen-bond donors (Lipinski definition) is 3. The van der Waals surface area contributed by atoms with Gasteiger partial charge in [0.05, 0.1) is 24.0 Å². The highest BCUT2D eigenvalue weighted by molar-refractivity contribution is 6.00. The van der Waals surface area contributed by atoms with E-state index in [9.17, 15) is 18.0 Å². The van der Waals surface area contributed by atoms with Crippen LogP contribution in [0.2, 0.25) is 0 Å². The molecule has 3 aliphatic rings. The van der Waals surface area contributed by atoms with Gasteiger partial charge >= 0.3 is 6.18 Å². The van der Waals surface area contributed by atoms with Gasteiger partial charge in [-0.15, -0.1) is 0 Å². The molecular weight excluding hydrogens is 647 g/mol. The van der Waals surface area contributed by atoms with Gasteiger partial charge in [0, 0.05) is 51.5 Å². The number of methoxy groups -OCH3 is 1. The minimum Gasteiger partial charge on any atom is -0.494 e. The number of likely N-dealkylation sites (N-methyl/N-ethyl adjacent to an activating group) is 1. The Balaban J connectivity index is 1.22. The number of piperazine rings is 1. The van der Waals surface area contributed by atoms with Crippen LogP contribution in [0.25, 0.3) is 0 Å². The van der Waals surface area contributed by atoms with Crippen LogP contribution in [0, 0.1) is 18.8 Å². The molecule has 3 aromatic rings. The van der Waals surface area contributed by atoms with E-state index >= 15 is 0 Å². The summed E-state index contributed by atoms with van der Waals surface area (Å²) in [5, 5.41) is 8.32. The van der Waals surface area contributed by atoms with E-state index in [-0.39, 0.29) is 22.8 Å². The predicted molar refractivity (Wildman–Crippen MR) is 188 cm³/mol. The van der Waals surface area contributed by atoms with Crippen molar-refractivity contribution in [3.63, 3.8) is 0 Å². The number of alkyl halides is 3. The Labute approximate surface area is 292 Å². The Morgan fingerprint density at radius 2 is 1.88 bits per heavy atom. The van der Waals surface area contributed by atoms with Crippen molar-refractivity contribution in [1.82, 2.24) is 25.1 Å². The summed E-state index contributed by atoms with van der Waals surface area (Å²) in [6.45, 7) is 8.49. The number of ether oxygens (including phenoxy) is 2. The number of para-hydroxylation sites is 1. The quantitative estimate of drug-likeness (QED) is 0.207. The normalized spacial score (nSPS) is 23.5. The first-order valence-electron chi connectivity index (χ1n) is 17.5. The van der Waals surface area contributed by atoms with Gasteiger partial charge in [-0.1, -0.05) is 18.6 Å². The number of aryl methyl sites for hydroxylation is 1. The molecule has 0 radical (unpaired) electrons. The summed E-state index contributed by atoms with van der Waals surface area (Å²) in [6, 6.07) is 10.9. The van der Waals surface area contributed by atoms with Crippen molar-refractivity contribution in [3.05, 3.63) is 59.3 Å². The first kappa shape index (κ1) is 35.7. The van der Waals surface area contributed by atoms with Gasteiger partial charge in [-0.3, -0.25) is 9.69 Å². The fourth-order valence-corrected chi connectivity index (χ4v) is 8.08. The van der Waals surface area contributed by atoms with E-state index < -0.39 is 23.5 Å². The van der Waals surface area contributed by atoms with Crippen LogP contribution in [-0.4, -0.2) is 84.7 Å². The average molecular weight is 696 g/mol. The number of carbonyl (C=O) groups is 1. The van der Waals surface area contributed by atoms with Gasteiger partial charge in [0.25, 0.3) is 5.91 Å². The van der Waals surface area contributed by atoms with Crippen molar-refractivity contribution in [3.8, 4) is 11.5 Å². The summed E-state index contributed by atoms with van der Waals surface area (Å²) in [5.74, 6) is 1.34. The standard InChI is InChI=1S/C37H48F3N7O3/c1-23-8-6-10-28(34(48)41-3)32(23)44-33-29(37(38,39)40)22-42-35(45-33)43-30-12-11-27(19-31(30)49-5)50-36-13-7-9-25(20-36)18-26(21-36)24(2)47-16-14-46(4)15-17-47/h6,8,10-12,19,22,24-26H,7,9,13-18,20-21H2,1-5H3,(H,41,48)(H2,42,43,44,45). The van der Waals surface area contributed by atoms with Gasteiger partial charge in [0.1, 0.15) is 28.5 Å². The van der Waals surface area contributed by atoms with Crippen molar-refractivity contribution in [2.45, 2.75) is 70.2 Å². The van der Waals surface area contributed by atoms with E-state index in [1.165, 1.54) is 33.1 Å². The van der Waals surface area contributed by atoms with E-state index in [1.54, 1.807) is 25.1 Å². The van der Waals surface area contributed by atoms with Crippen LogP contribution >= 0.6 is 0 Å². The molecule has 1 amide bonds. The zero-order valence-corrected chi connectivity index (χ0v) is 29.5. The van der Waals surface area contributed by atoms with Crippen molar-refractivity contribution in [2.24, 2.45) is 11.8 Å². The van der Waals surface area contributed by atoms with Gasteiger partial charge in [-0.2, -0.15) is 18.2 Å². The monoisotopic (exact) mass is 695 g/mol. The number of carbonyl (C=O) groups excluding carboxylic acids is 1. The van der Waals surface area contributed by atoms with E-state index in [0.717, 1.165) is 58.1 Å². The average Bonchev–Trinajstić information content (AvgIpc) is 3.08. The molecule has 270 valence electrons. The third-order valence-electron chi connectivity index (χ3n) is 10.8. The summed E-state index contributed by atoms with van der Waals surface area (Å²) in [5.41, 5.74) is 0.138. The fraction of sp³-hybridized carbons (Fsp3) is 0.541. The molecular formula is C37H48F3N7O3. The molecule has 3 N–H and O–H groups in total. The molecule has 2 saturated carbocycles. The van der Waals surface area contributed by atoms with Crippen molar-refractivity contribution < 1.29 is 27.4 Å². The lowest BCUT2D eigenvalue weighted by Crippen LogP contribution is -2.54. The Morgan fingerprint density at radius 1 is 1.10 bits per heavy atom. The highest BCUT2D eigenvalue weighted by atomic mass is 19.4. The Morgan fingerprint density at radius 3 is 2.60 bits per heavy atom. The molecule has 6 rings (SSSR count). The highest BCUT2D eigenvalue weighted by Crippen LogP contribution is 2.49. The summed E-state index contributed by atoms with van der Waals surface area (Å²) in [6.07, 6.45) is 2.67. The molecule has 3 fully saturated rings. The largest absolute Gasteiger partial charge is 0.494 e. The minimum absolute atomic E-state index is 0.0794. The molecule has 2 aliphatic carbocycles. The first-order chi connectivity index (χ1) is 23.9. The number of hydrogen-bond acceptors (Lipinski definition) is 9. The van der Waals surface area contributed by atoms with Gasteiger partial charge in [-0.05, 0) is 88.6 Å². The SMILES string of the molecule is CNC(=O)c1cccc(C)c1Nc1nc(Nc2ccc(OC34CCCC(CC(C(C)N5CCN(C)CC5)C3)C4)cc2OC)ncc1C(F)(F)F. The number of amides is 1. The molecule has 4 unspecified atom stereocenters. The van der Waals surface area contributed by atoms with Crippen molar-refractivity contribution in [2.75, 3.05) is 58.0 Å². The van der Waals surface area contributed by atoms with Crippen LogP contribution in [0.3, 0.4) is 0 Å². The maximum Gasteiger partial charge on any atom is 0.421 e. The maximum atomic E-state index is 14.1. The van der Waals surface area contributed by atoms with E-state index in [0.29, 0.717) is 40.6 Å². The van der Waals surface area contributed by atoms with E-state index in [1.807, 2.05) is 12.1 Å². The molecule has 1 aliphatic heterocycles. The van der Waals surface area contributed by atoms with Gasteiger partial charge in [0.15, 0.2) is 0 Å². The lowest BCUT2D eigenvalue weighted by molar-refractivity contribution is -0.137. The fourth-order valence-electron chi connectivity index (χ4n) is 8.08. The molecule has 50 heavy (non-hydrogen) atoms. The third kappa shape index (κ3) is 7.78. The van der Waals surface area contributed by atoms with Crippen molar-refractivity contribution >= 4 is 29.0 Å². The molecule has 4 atom stereocenters. The van der Waals surface area contributed by atoms with Crippen LogP contribution in [-0.2, 0) is 6.18 Å². The lowest BCUT2D eigenvalue weighted by atomic mass is 9.63. The van der Waals surface area contributed by atoms with Crippen LogP contribution < -0.4 is 25.4 Å². The summed E-state index contributed by atoms with van der Waals surface area (Å²) >= 11 is 0. The Kier molecular flexibility index (Phi) is 10.5. The van der Waals surface area contributed by atoms with E-state index in [2.05, 4.69) is 49.7 Å². The molecule has 1 saturated heterocycles. The number of aromatic nitrogens is 2. The van der Waals surface area contributed by atoms with Crippen LogP contribution in [0.1, 0.15) is 66.9 Å². The number of benzene rings is 2. The summed E-state index contributed by atoms with van der Waals surface area (Å²) < 4.78 is 54.9. The first-order valence-corrected chi connectivity index (χ1v) is 17.5. The number of nitrogens with zero attached hydrogens (tertiary/aromatic N) is 4. The zero-order chi connectivity index (χ0) is 35.6. The van der Waals surface area contributed by atoms with Crippen LogP contribution in [0.5, 0.6) is 11.5 Å². The highest BCUT2D eigenvalue weighted by Gasteiger charge is 2.47. The van der Waals surface area contributed by atoms with Crippen LogP contribution in [0.15, 0.2) is 42.6 Å². The zero-order valence-electron chi connectivity index (χ0n) is 29.5.